The Morgan fingerprint density at radius 1 is 1.56 bits per heavy atom. The summed E-state index contributed by atoms with van der Waals surface area (Å²) < 4.78 is 0. The van der Waals surface area contributed by atoms with Crippen molar-refractivity contribution in [1.82, 2.24) is 0 Å². The highest BCUT2D eigenvalue weighted by Crippen LogP contribution is 2.26. The van der Waals surface area contributed by atoms with Crippen LogP contribution in [0.1, 0.15) is 6.92 Å². The van der Waals surface area contributed by atoms with Crippen LogP contribution in [0.25, 0.3) is 0 Å². The number of hydrogen-bond donors (Lipinski definition) is 1. The van der Waals surface area contributed by atoms with Gasteiger partial charge >= 0.3 is 0 Å². The number of hydrogen-bond acceptors (Lipinski definition) is 3. The minimum absolute atomic E-state index is 0.151. The summed E-state index contributed by atoms with van der Waals surface area (Å²) in [6, 6.07) is 3.77. The molecule has 1 aromatic carbocycles. The summed E-state index contributed by atoms with van der Waals surface area (Å²) in [6.45, 7) is 1.49. The van der Waals surface area contributed by atoms with E-state index in [0.29, 0.717) is 0 Å². The van der Waals surface area contributed by atoms with Crippen LogP contribution >= 0.6 is 23.2 Å². The Bertz CT molecular complexity index is 435. The molecular weight excluding hydrogens is 255 g/mol. The van der Waals surface area contributed by atoms with Crippen LogP contribution < -0.4 is 5.32 Å². The molecule has 86 valence electrons. The molecule has 0 aliphatic carbocycles. The van der Waals surface area contributed by atoms with Crippen LogP contribution in [0, 0.1) is 10.1 Å². The fourth-order valence-corrected chi connectivity index (χ4v) is 1.17. The van der Waals surface area contributed by atoms with Crippen LogP contribution in [-0.4, -0.2) is 16.2 Å². The number of nitrogens with one attached hydrogen (secondary N) is 1. The fraction of sp³-hybridized carbons (Fsp3) is 0.222. The van der Waals surface area contributed by atoms with Gasteiger partial charge in [0.1, 0.15) is 5.38 Å². The first-order valence-electron chi connectivity index (χ1n) is 4.30. The van der Waals surface area contributed by atoms with Gasteiger partial charge in [-0.3, -0.25) is 14.9 Å². The molecule has 0 aliphatic heterocycles. The molecule has 0 bridgehead atoms. The van der Waals surface area contributed by atoms with Crippen LogP contribution in [0.15, 0.2) is 18.2 Å². The number of nitro benzene ring substituents is 1. The molecule has 0 spiro atoms. The molecule has 1 rings (SSSR count). The van der Waals surface area contributed by atoms with Crippen LogP contribution in [0.2, 0.25) is 5.02 Å². The number of rotatable bonds is 3. The monoisotopic (exact) mass is 262 g/mol. The molecule has 16 heavy (non-hydrogen) atoms. The zero-order chi connectivity index (χ0) is 12.3. The molecule has 0 saturated carbocycles. The van der Waals surface area contributed by atoms with Gasteiger partial charge in [-0.1, -0.05) is 11.6 Å². The van der Waals surface area contributed by atoms with E-state index < -0.39 is 16.2 Å². The standard InChI is InChI=1S/C9H8Cl2N2O3/c1-5(10)9(14)12-8-4-6(13(15)16)2-3-7(8)11/h2-5H,1H3,(H,12,14). The Kier molecular flexibility index (Phi) is 4.09. The Hall–Kier alpha value is -1.33. The van der Waals surface area contributed by atoms with E-state index in [2.05, 4.69) is 5.32 Å². The van der Waals surface area contributed by atoms with Crippen molar-refractivity contribution >= 4 is 40.5 Å². The van der Waals surface area contributed by atoms with E-state index in [9.17, 15) is 14.9 Å². The zero-order valence-electron chi connectivity index (χ0n) is 8.24. The number of benzene rings is 1. The lowest BCUT2D eigenvalue weighted by Crippen LogP contribution is -2.20. The second-order valence-corrected chi connectivity index (χ2v) is 4.09. The second kappa shape index (κ2) is 5.14. The van der Waals surface area contributed by atoms with Crippen LogP contribution in [0.3, 0.4) is 0 Å². The first-order valence-corrected chi connectivity index (χ1v) is 5.12. The van der Waals surface area contributed by atoms with E-state index in [0.717, 1.165) is 0 Å². The summed E-state index contributed by atoms with van der Waals surface area (Å²) in [6.07, 6.45) is 0. The predicted octanol–water partition coefficient (Wildman–Crippen LogP) is 2.81. The molecule has 0 aromatic heterocycles. The van der Waals surface area contributed by atoms with Crippen molar-refractivity contribution in [3.05, 3.63) is 33.3 Å². The van der Waals surface area contributed by atoms with Gasteiger partial charge in [0.15, 0.2) is 0 Å². The molecule has 7 heteroatoms. The molecule has 0 radical (unpaired) electrons. The summed E-state index contributed by atoms with van der Waals surface area (Å²) in [5.74, 6) is -0.468. The highest BCUT2D eigenvalue weighted by molar-refractivity contribution is 6.35. The molecule has 0 saturated heterocycles. The number of nitrogens with zero attached hydrogens (tertiary/aromatic N) is 1. The van der Waals surface area contributed by atoms with Gasteiger partial charge in [-0.25, -0.2) is 0 Å². The van der Waals surface area contributed by atoms with Gasteiger partial charge < -0.3 is 5.32 Å². The number of nitro groups is 1. The largest absolute Gasteiger partial charge is 0.323 e. The maximum Gasteiger partial charge on any atom is 0.271 e. The second-order valence-electron chi connectivity index (χ2n) is 3.03. The summed E-state index contributed by atoms with van der Waals surface area (Å²) in [5.41, 5.74) is 0.0234. The van der Waals surface area contributed by atoms with Gasteiger partial charge in [-0.15, -0.1) is 11.6 Å². The maximum absolute atomic E-state index is 11.3. The Balaban J connectivity index is 2.99. The van der Waals surface area contributed by atoms with Crippen molar-refractivity contribution < 1.29 is 9.72 Å². The molecule has 0 fully saturated rings. The Morgan fingerprint density at radius 3 is 2.69 bits per heavy atom. The predicted molar refractivity (Wildman–Crippen MR) is 62.1 cm³/mol. The van der Waals surface area contributed by atoms with Crippen molar-refractivity contribution in [1.29, 1.82) is 0 Å². The van der Waals surface area contributed by atoms with Crippen LogP contribution in [0.5, 0.6) is 0 Å². The number of carbonyl (C=O) groups is 1. The van der Waals surface area contributed by atoms with Gasteiger partial charge in [0, 0.05) is 12.1 Å². The first-order chi connectivity index (χ1) is 7.41. The van der Waals surface area contributed by atoms with E-state index in [1.165, 1.54) is 25.1 Å². The minimum atomic E-state index is -0.740. The van der Waals surface area contributed by atoms with E-state index in [1.807, 2.05) is 0 Å². The van der Waals surface area contributed by atoms with Gasteiger partial charge in [0.05, 0.1) is 15.6 Å². The summed E-state index contributed by atoms with van der Waals surface area (Å²) in [5, 5.41) is 12.4. The molecule has 1 aromatic rings. The third kappa shape index (κ3) is 3.08. The van der Waals surface area contributed by atoms with E-state index in [4.69, 9.17) is 23.2 Å². The quantitative estimate of drug-likeness (QED) is 0.517. The molecule has 5 nitrogen and oxygen atoms in total. The molecule has 0 heterocycles. The zero-order valence-corrected chi connectivity index (χ0v) is 9.75. The van der Waals surface area contributed by atoms with E-state index >= 15 is 0 Å². The normalized spacial score (nSPS) is 11.9. The average molecular weight is 263 g/mol. The average Bonchev–Trinajstić information content (AvgIpc) is 2.20. The summed E-state index contributed by atoms with van der Waals surface area (Å²) in [4.78, 5) is 21.2. The summed E-state index contributed by atoms with van der Waals surface area (Å²) in [7, 11) is 0. The third-order valence-corrected chi connectivity index (χ3v) is 2.31. The highest BCUT2D eigenvalue weighted by atomic mass is 35.5. The van der Waals surface area contributed by atoms with Crippen molar-refractivity contribution in [2.24, 2.45) is 0 Å². The van der Waals surface area contributed by atoms with Crippen molar-refractivity contribution in [3.63, 3.8) is 0 Å². The van der Waals surface area contributed by atoms with Crippen LogP contribution in [0.4, 0.5) is 11.4 Å². The molecule has 1 amide bonds. The van der Waals surface area contributed by atoms with Crippen molar-refractivity contribution in [2.75, 3.05) is 5.32 Å². The Morgan fingerprint density at radius 2 is 2.19 bits per heavy atom. The van der Waals surface area contributed by atoms with Gasteiger partial charge in [0.2, 0.25) is 5.91 Å². The molecular formula is C9H8Cl2N2O3. The smallest absolute Gasteiger partial charge is 0.271 e. The third-order valence-electron chi connectivity index (χ3n) is 1.78. The number of anilines is 1. The lowest BCUT2D eigenvalue weighted by atomic mass is 10.2. The van der Waals surface area contributed by atoms with E-state index in [1.54, 1.807) is 0 Å². The highest BCUT2D eigenvalue weighted by Gasteiger charge is 2.14. The number of alkyl halides is 1. The number of amides is 1. The maximum atomic E-state index is 11.3. The van der Waals surface area contributed by atoms with Crippen molar-refractivity contribution in [2.45, 2.75) is 12.3 Å². The molecule has 1 N–H and O–H groups in total. The van der Waals surface area contributed by atoms with Crippen molar-refractivity contribution in [3.8, 4) is 0 Å². The van der Waals surface area contributed by atoms with Gasteiger partial charge in [0.25, 0.3) is 5.69 Å². The molecule has 1 unspecified atom stereocenters. The minimum Gasteiger partial charge on any atom is -0.323 e. The molecule has 0 aliphatic rings. The molecule has 1 atom stereocenters. The van der Waals surface area contributed by atoms with Gasteiger partial charge in [-0.2, -0.15) is 0 Å². The summed E-state index contributed by atoms with van der Waals surface area (Å²) >= 11 is 11.3. The number of halogens is 2. The van der Waals surface area contributed by atoms with Crippen LogP contribution in [-0.2, 0) is 4.79 Å². The SMILES string of the molecule is CC(Cl)C(=O)Nc1cc([N+](=O)[O-])ccc1Cl. The Labute approximate surface area is 101 Å². The van der Waals surface area contributed by atoms with E-state index in [-0.39, 0.29) is 16.4 Å². The first kappa shape index (κ1) is 12.7. The fourth-order valence-electron chi connectivity index (χ4n) is 0.955. The van der Waals surface area contributed by atoms with Gasteiger partial charge in [-0.05, 0) is 13.0 Å². The topological polar surface area (TPSA) is 72.2 Å². The number of carbonyl (C=O) groups excluding carboxylic acids is 1. The lowest BCUT2D eigenvalue weighted by Gasteiger charge is -2.07. The number of non-ortho nitro benzene ring substituents is 1. The lowest BCUT2D eigenvalue weighted by molar-refractivity contribution is -0.384.